The number of carbonyl (C=O) groups excluding carboxylic acids is 1. The highest BCUT2D eigenvalue weighted by Crippen LogP contribution is 2.23. The van der Waals surface area contributed by atoms with Crippen molar-refractivity contribution in [1.82, 2.24) is 4.57 Å². The van der Waals surface area contributed by atoms with Crippen molar-refractivity contribution in [2.45, 2.75) is 0 Å². The Morgan fingerprint density at radius 2 is 1.85 bits per heavy atom. The van der Waals surface area contributed by atoms with E-state index in [-0.39, 0.29) is 11.7 Å². The monoisotopic (exact) mass is 353 g/mol. The van der Waals surface area contributed by atoms with Crippen molar-refractivity contribution in [1.29, 1.82) is 0 Å². The van der Waals surface area contributed by atoms with Crippen LogP contribution < -0.4 is 10.2 Å². The standard InChI is InChI=1S/C20H20FN3O2/c1-23-18-4-2-3-17(21)16(18)13-19(23)20(25)22-14-5-7-15(8-6-14)24-9-11-26-12-10-24/h2-8,13H,9-12H2,1H3,(H,22,25). The lowest BCUT2D eigenvalue weighted by atomic mass is 10.2. The molecule has 2 aromatic carbocycles. The van der Waals surface area contributed by atoms with E-state index in [1.807, 2.05) is 24.3 Å². The Balaban J connectivity index is 1.53. The van der Waals surface area contributed by atoms with Gasteiger partial charge in [-0.2, -0.15) is 0 Å². The number of halogens is 1. The van der Waals surface area contributed by atoms with E-state index in [1.165, 1.54) is 6.07 Å². The Bertz CT molecular complexity index is 944. The molecule has 0 spiro atoms. The number of nitrogens with zero attached hydrogens (tertiary/aromatic N) is 2. The van der Waals surface area contributed by atoms with Crippen molar-refractivity contribution in [2.24, 2.45) is 7.05 Å². The number of morpholine rings is 1. The van der Waals surface area contributed by atoms with Crippen LogP contribution in [0.4, 0.5) is 15.8 Å². The van der Waals surface area contributed by atoms with Gasteiger partial charge in [0, 0.05) is 36.9 Å². The number of aromatic nitrogens is 1. The second kappa shape index (κ2) is 6.80. The highest BCUT2D eigenvalue weighted by molar-refractivity contribution is 6.06. The highest BCUT2D eigenvalue weighted by atomic mass is 19.1. The number of carbonyl (C=O) groups is 1. The smallest absolute Gasteiger partial charge is 0.272 e. The van der Waals surface area contributed by atoms with Crippen molar-refractivity contribution in [3.8, 4) is 0 Å². The molecule has 0 atom stereocenters. The molecule has 2 heterocycles. The molecule has 0 aliphatic carbocycles. The van der Waals surface area contributed by atoms with Crippen LogP contribution >= 0.6 is 0 Å². The largest absolute Gasteiger partial charge is 0.378 e. The van der Waals surface area contributed by atoms with E-state index in [9.17, 15) is 9.18 Å². The summed E-state index contributed by atoms with van der Waals surface area (Å²) in [6, 6.07) is 14.2. The zero-order valence-corrected chi connectivity index (χ0v) is 14.5. The average molecular weight is 353 g/mol. The van der Waals surface area contributed by atoms with Gasteiger partial charge in [0.25, 0.3) is 5.91 Å². The predicted molar refractivity (Wildman–Crippen MR) is 100 cm³/mol. The number of ether oxygens (including phenoxy) is 1. The first-order chi connectivity index (χ1) is 12.6. The van der Waals surface area contributed by atoms with Crippen LogP contribution in [-0.4, -0.2) is 36.8 Å². The summed E-state index contributed by atoms with van der Waals surface area (Å²) in [6.45, 7) is 3.20. The van der Waals surface area contributed by atoms with Crippen LogP contribution in [0.25, 0.3) is 10.9 Å². The summed E-state index contributed by atoms with van der Waals surface area (Å²) in [6.07, 6.45) is 0. The van der Waals surface area contributed by atoms with Gasteiger partial charge in [0.15, 0.2) is 0 Å². The molecule has 0 radical (unpaired) electrons. The van der Waals surface area contributed by atoms with Crippen LogP contribution in [-0.2, 0) is 11.8 Å². The molecule has 26 heavy (non-hydrogen) atoms. The number of nitrogens with one attached hydrogen (secondary N) is 1. The Kier molecular flexibility index (Phi) is 4.34. The lowest BCUT2D eigenvalue weighted by Gasteiger charge is -2.28. The van der Waals surface area contributed by atoms with Crippen molar-refractivity contribution in [3.05, 3.63) is 60.0 Å². The zero-order valence-electron chi connectivity index (χ0n) is 14.5. The third kappa shape index (κ3) is 3.04. The molecular formula is C20H20FN3O2. The first kappa shape index (κ1) is 16.6. The van der Waals surface area contributed by atoms with Crippen LogP contribution in [0.2, 0.25) is 0 Å². The third-order valence-corrected chi connectivity index (χ3v) is 4.77. The molecule has 1 aliphatic heterocycles. The summed E-state index contributed by atoms with van der Waals surface area (Å²) in [7, 11) is 1.76. The molecule has 1 aromatic heterocycles. The first-order valence-corrected chi connectivity index (χ1v) is 8.61. The maximum absolute atomic E-state index is 13.9. The van der Waals surface area contributed by atoms with Gasteiger partial charge in [-0.3, -0.25) is 4.79 Å². The summed E-state index contributed by atoms with van der Waals surface area (Å²) in [5, 5.41) is 3.33. The normalized spacial score (nSPS) is 14.6. The van der Waals surface area contributed by atoms with E-state index >= 15 is 0 Å². The lowest BCUT2D eigenvalue weighted by molar-refractivity contribution is 0.101. The second-order valence-corrected chi connectivity index (χ2v) is 6.36. The topological polar surface area (TPSA) is 46.5 Å². The molecule has 6 heteroatoms. The molecule has 5 nitrogen and oxygen atoms in total. The van der Waals surface area contributed by atoms with Crippen molar-refractivity contribution in [3.63, 3.8) is 0 Å². The van der Waals surface area contributed by atoms with Gasteiger partial charge in [0.1, 0.15) is 11.5 Å². The van der Waals surface area contributed by atoms with Crippen LogP contribution in [0.3, 0.4) is 0 Å². The Morgan fingerprint density at radius 3 is 2.54 bits per heavy atom. The van der Waals surface area contributed by atoms with Gasteiger partial charge in [-0.1, -0.05) is 6.07 Å². The van der Waals surface area contributed by atoms with E-state index in [0.29, 0.717) is 22.3 Å². The minimum Gasteiger partial charge on any atom is -0.378 e. The number of fused-ring (bicyclic) bond motifs is 1. The van der Waals surface area contributed by atoms with Gasteiger partial charge in [0.2, 0.25) is 0 Å². The molecule has 0 bridgehead atoms. The van der Waals surface area contributed by atoms with Gasteiger partial charge in [0.05, 0.1) is 18.7 Å². The molecule has 4 rings (SSSR count). The first-order valence-electron chi connectivity index (χ1n) is 8.61. The van der Waals surface area contributed by atoms with E-state index in [0.717, 1.165) is 32.0 Å². The number of hydrogen-bond acceptors (Lipinski definition) is 3. The molecule has 1 fully saturated rings. The van der Waals surface area contributed by atoms with Crippen molar-refractivity contribution >= 4 is 28.2 Å². The molecule has 1 N–H and O–H groups in total. The lowest BCUT2D eigenvalue weighted by Crippen LogP contribution is -2.36. The van der Waals surface area contributed by atoms with Crippen LogP contribution in [0, 0.1) is 5.82 Å². The number of hydrogen-bond donors (Lipinski definition) is 1. The number of rotatable bonds is 3. The fourth-order valence-corrected chi connectivity index (χ4v) is 3.31. The summed E-state index contributed by atoms with van der Waals surface area (Å²) >= 11 is 0. The molecule has 0 saturated carbocycles. The number of aryl methyl sites for hydroxylation is 1. The molecule has 3 aromatic rings. The molecule has 134 valence electrons. The molecule has 1 saturated heterocycles. The maximum Gasteiger partial charge on any atom is 0.272 e. The minimum atomic E-state index is -0.327. The summed E-state index contributed by atoms with van der Waals surface area (Å²) in [4.78, 5) is 14.9. The van der Waals surface area contributed by atoms with E-state index in [2.05, 4.69) is 10.2 Å². The quantitative estimate of drug-likeness (QED) is 0.785. The van der Waals surface area contributed by atoms with E-state index < -0.39 is 0 Å². The van der Waals surface area contributed by atoms with Gasteiger partial charge >= 0.3 is 0 Å². The Morgan fingerprint density at radius 1 is 1.12 bits per heavy atom. The van der Waals surface area contributed by atoms with Crippen LogP contribution in [0.15, 0.2) is 48.5 Å². The number of benzene rings is 2. The van der Waals surface area contributed by atoms with Crippen LogP contribution in [0.5, 0.6) is 0 Å². The SMILES string of the molecule is Cn1c(C(=O)Nc2ccc(N3CCOCC3)cc2)cc2c(F)cccc21. The number of anilines is 2. The zero-order chi connectivity index (χ0) is 18.1. The fourth-order valence-electron chi connectivity index (χ4n) is 3.31. The Labute approximate surface area is 151 Å². The van der Waals surface area contributed by atoms with Crippen molar-refractivity contribution in [2.75, 3.05) is 36.5 Å². The van der Waals surface area contributed by atoms with E-state index in [4.69, 9.17) is 4.74 Å². The molecular weight excluding hydrogens is 333 g/mol. The van der Waals surface area contributed by atoms with E-state index in [1.54, 1.807) is 29.8 Å². The van der Waals surface area contributed by atoms with Gasteiger partial charge in [-0.15, -0.1) is 0 Å². The average Bonchev–Trinajstić information content (AvgIpc) is 3.01. The second-order valence-electron chi connectivity index (χ2n) is 6.36. The molecule has 0 unspecified atom stereocenters. The maximum atomic E-state index is 13.9. The molecule has 1 aliphatic rings. The predicted octanol–water partition coefficient (Wildman–Crippen LogP) is 3.41. The summed E-state index contributed by atoms with van der Waals surface area (Å²) in [5.74, 6) is -0.589. The third-order valence-electron chi connectivity index (χ3n) is 4.77. The van der Waals surface area contributed by atoms with Gasteiger partial charge < -0.3 is 19.5 Å². The van der Waals surface area contributed by atoms with Gasteiger partial charge in [-0.25, -0.2) is 4.39 Å². The Hall–Kier alpha value is -2.86. The number of amides is 1. The van der Waals surface area contributed by atoms with Crippen LogP contribution in [0.1, 0.15) is 10.5 Å². The minimum absolute atomic E-state index is 0.262. The highest BCUT2D eigenvalue weighted by Gasteiger charge is 2.16. The fraction of sp³-hybridized carbons (Fsp3) is 0.250. The van der Waals surface area contributed by atoms with Crippen molar-refractivity contribution < 1.29 is 13.9 Å². The van der Waals surface area contributed by atoms with Gasteiger partial charge in [-0.05, 0) is 42.5 Å². The summed E-state index contributed by atoms with van der Waals surface area (Å²) in [5.41, 5.74) is 2.93. The molecule has 1 amide bonds. The summed E-state index contributed by atoms with van der Waals surface area (Å²) < 4.78 is 21.0.